The number of hydrogen-bond acceptors (Lipinski definition) is 5. The lowest BCUT2D eigenvalue weighted by Gasteiger charge is -2.10. The monoisotopic (exact) mass is 290 g/mol. The van der Waals surface area contributed by atoms with Gasteiger partial charge in [-0.15, -0.1) is 0 Å². The average Bonchev–Trinajstić information content (AvgIpc) is 2.44. The Labute approximate surface area is 122 Å². The van der Waals surface area contributed by atoms with Crippen LogP contribution >= 0.6 is 0 Å². The molecule has 1 unspecified atom stereocenters. The van der Waals surface area contributed by atoms with Crippen LogP contribution in [0.15, 0.2) is 0 Å². The minimum absolute atomic E-state index is 0.161. The third-order valence-electron chi connectivity index (χ3n) is 2.79. The predicted molar refractivity (Wildman–Crippen MR) is 77.8 cm³/mol. The molecule has 0 bridgehead atoms. The van der Waals surface area contributed by atoms with Crippen molar-refractivity contribution >= 4 is 5.97 Å². The van der Waals surface area contributed by atoms with Crippen LogP contribution in [0.1, 0.15) is 40.0 Å². The second-order valence-electron chi connectivity index (χ2n) is 4.78. The van der Waals surface area contributed by atoms with Crippen LogP contribution < -0.4 is 0 Å². The van der Waals surface area contributed by atoms with E-state index in [1.807, 2.05) is 6.92 Å². The van der Waals surface area contributed by atoms with E-state index in [4.69, 9.17) is 18.9 Å². The molecule has 0 aromatic rings. The summed E-state index contributed by atoms with van der Waals surface area (Å²) in [7, 11) is 0. The maximum absolute atomic E-state index is 11.0. The molecule has 0 rings (SSSR count). The van der Waals surface area contributed by atoms with E-state index in [0.717, 1.165) is 19.4 Å². The molecule has 0 aliphatic heterocycles. The molecule has 0 aliphatic rings. The lowest BCUT2D eigenvalue weighted by molar-refractivity contribution is -0.145. The molecule has 0 amide bonds. The lowest BCUT2D eigenvalue weighted by Crippen LogP contribution is -2.14. The summed E-state index contributed by atoms with van der Waals surface area (Å²) in [6.45, 7) is 10.1. The first-order valence-electron chi connectivity index (χ1n) is 7.59. The number of carbonyl (C=O) groups excluding carboxylic acids is 1. The highest BCUT2D eigenvalue weighted by molar-refractivity contribution is 5.69. The highest BCUT2D eigenvalue weighted by atomic mass is 16.6. The van der Waals surface area contributed by atoms with Gasteiger partial charge in [0.1, 0.15) is 6.61 Å². The van der Waals surface area contributed by atoms with Gasteiger partial charge in [0.05, 0.1) is 33.0 Å². The van der Waals surface area contributed by atoms with Crippen molar-refractivity contribution in [3.05, 3.63) is 0 Å². The Morgan fingerprint density at radius 2 is 1.45 bits per heavy atom. The Morgan fingerprint density at radius 1 is 0.900 bits per heavy atom. The summed E-state index contributed by atoms with van der Waals surface area (Å²) < 4.78 is 21.0. The first-order chi connectivity index (χ1) is 9.70. The zero-order chi connectivity index (χ0) is 15.1. The second kappa shape index (κ2) is 14.8. The van der Waals surface area contributed by atoms with Crippen molar-refractivity contribution in [3.63, 3.8) is 0 Å². The number of carbonyl (C=O) groups is 1. The zero-order valence-corrected chi connectivity index (χ0v) is 13.2. The minimum Gasteiger partial charge on any atom is -0.463 e. The molecule has 0 N–H and O–H groups in total. The molecule has 0 saturated carbocycles. The largest absolute Gasteiger partial charge is 0.463 e. The van der Waals surface area contributed by atoms with E-state index in [-0.39, 0.29) is 5.97 Å². The normalized spacial score (nSPS) is 12.3. The Morgan fingerprint density at radius 3 is 2.00 bits per heavy atom. The molecule has 20 heavy (non-hydrogen) atoms. The smallest absolute Gasteiger partial charge is 0.305 e. The Balaban J connectivity index is 3.08. The second-order valence-corrected chi connectivity index (χ2v) is 4.78. The van der Waals surface area contributed by atoms with Crippen LogP contribution in [0.3, 0.4) is 0 Å². The molecular formula is C15H30O5. The van der Waals surface area contributed by atoms with Crippen molar-refractivity contribution in [2.75, 3.05) is 46.2 Å². The third kappa shape index (κ3) is 13.8. The summed E-state index contributed by atoms with van der Waals surface area (Å²) in [6, 6.07) is 0. The van der Waals surface area contributed by atoms with Gasteiger partial charge in [0.2, 0.25) is 0 Å². The number of esters is 1. The zero-order valence-electron chi connectivity index (χ0n) is 13.2. The van der Waals surface area contributed by atoms with Gasteiger partial charge in [-0.25, -0.2) is 0 Å². The van der Waals surface area contributed by atoms with Crippen LogP contribution in [0.4, 0.5) is 0 Å². The maximum Gasteiger partial charge on any atom is 0.305 e. The molecule has 5 nitrogen and oxygen atoms in total. The maximum atomic E-state index is 11.0. The molecule has 0 aliphatic carbocycles. The van der Waals surface area contributed by atoms with Gasteiger partial charge in [0.15, 0.2) is 0 Å². The Bertz CT molecular complexity index is 220. The number of ether oxygens (including phenoxy) is 4. The summed E-state index contributed by atoms with van der Waals surface area (Å²) in [5.41, 5.74) is 0. The molecule has 0 fully saturated rings. The van der Waals surface area contributed by atoms with Gasteiger partial charge >= 0.3 is 5.97 Å². The summed E-state index contributed by atoms with van der Waals surface area (Å²) in [5, 5.41) is 0. The molecule has 120 valence electrons. The Kier molecular flexibility index (Phi) is 14.3. The van der Waals surface area contributed by atoms with Crippen LogP contribution in [0, 0.1) is 5.92 Å². The quantitative estimate of drug-likeness (QED) is 0.363. The van der Waals surface area contributed by atoms with Crippen molar-refractivity contribution in [1.29, 1.82) is 0 Å². The van der Waals surface area contributed by atoms with Gasteiger partial charge < -0.3 is 18.9 Å². The first kappa shape index (κ1) is 19.4. The van der Waals surface area contributed by atoms with E-state index in [9.17, 15) is 4.79 Å². The van der Waals surface area contributed by atoms with Crippen LogP contribution in [-0.4, -0.2) is 52.2 Å². The predicted octanol–water partition coefficient (Wildman–Crippen LogP) is 2.43. The van der Waals surface area contributed by atoms with Gasteiger partial charge in [-0.3, -0.25) is 4.79 Å². The molecule has 0 saturated heterocycles. The van der Waals surface area contributed by atoms with Crippen LogP contribution in [0.25, 0.3) is 0 Å². The molecule has 5 heteroatoms. The molecular weight excluding hydrogens is 260 g/mol. The first-order valence-corrected chi connectivity index (χ1v) is 7.59. The van der Waals surface area contributed by atoms with Crippen molar-refractivity contribution in [1.82, 2.24) is 0 Å². The molecule has 0 aromatic carbocycles. The van der Waals surface area contributed by atoms with Crippen molar-refractivity contribution in [2.24, 2.45) is 5.92 Å². The number of rotatable bonds is 14. The van der Waals surface area contributed by atoms with Gasteiger partial charge in [-0.1, -0.05) is 27.2 Å². The standard InChI is InChI=1S/C15H30O5/c1-4-6-15(16)20-12-11-18-8-7-17-9-10-19-13-14(3)5-2/h14H,4-13H2,1-3H3. The van der Waals surface area contributed by atoms with E-state index >= 15 is 0 Å². The molecule has 0 heterocycles. The average molecular weight is 290 g/mol. The highest BCUT2D eigenvalue weighted by Gasteiger charge is 2.00. The topological polar surface area (TPSA) is 54.0 Å². The SMILES string of the molecule is CCCC(=O)OCCOCCOCCOCC(C)CC. The fraction of sp³-hybridized carbons (Fsp3) is 0.933. The molecule has 0 radical (unpaired) electrons. The fourth-order valence-corrected chi connectivity index (χ4v) is 1.33. The van der Waals surface area contributed by atoms with Gasteiger partial charge in [0.25, 0.3) is 0 Å². The summed E-state index contributed by atoms with van der Waals surface area (Å²) in [4.78, 5) is 11.0. The summed E-state index contributed by atoms with van der Waals surface area (Å²) in [6.07, 6.45) is 2.42. The van der Waals surface area contributed by atoms with E-state index in [1.54, 1.807) is 0 Å². The van der Waals surface area contributed by atoms with E-state index < -0.39 is 0 Å². The summed E-state index contributed by atoms with van der Waals surface area (Å²) >= 11 is 0. The van der Waals surface area contributed by atoms with Gasteiger partial charge in [0, 0.05) is 13.0 Å². The van der Waals surface area contributed by atoms with E-state index in [1.165, 1.54) is 0 Å². The lowest BCUT2D eigenvalue weighted by atomic mass is 10.1. The summed E-state index contributed by atoms with van der Waals surface area (Å²) in [5.74, 6) is 0.444. The van der Waals surface area contributed by atoms with Crippen molar-refractivity contribution < 1.29 is 23.7 Å². The third-order valence-corrected chi connectivity index (χ3v) is 2.79. The molecule has 1 atom stereocenters. The van der Waals surface area contributed by atoms with E-state index in [2.05, 4.69) is 13.8 Å². The highest BCUT2D eigenvalue weighted by Crippen LogP contribution is 1.99. The van der Waals surface area contributed by atoms with Crippen molar-refractivity contribution in [2.45, 2.75) is 40.0 Å². The van der Waals surface area contributed by atoms with Crippen LogP contribution in [-0.2, 0) is 23.7 Å². The van der Waals surface area contributed by atoms with Crippen LogP contribution in [0.2, 0.25) is 0 Å². The fourth-order valence-electron chi connectivity index (χ4n) is 1.33. The minimum atomic E-state index is -0.161. The van der Waals surface area contributed by atoms with Crippen molar-refractivity contribution in [3.8, 4) is 0 Å². The van der Waals surface area contributed by atoms with Crippen LogP contribution in [0.5, 0.6) is 0 Å². The number of hydrogen-bond donors (Lipinski definition) is 0. The van der Waals surface area contributed by atoms with Gasteiger partial charge in [-0.2, -0.15) is 0 Å². The van der Waals surface area contributed by atoms with Gasteiger partial charge in [-0.05, 0) is 12.3 Å². The molecule has 0 spiro atoms. The van der Waals surface area contributed by atoms with E-state index in [0.29, 0.717) is 52.0 Å². The Hall–Kier alpha value is -0.650. The molecule has 0 aromatic heterocycles.